The molecule has 4 N–H and O–H groups in total. The maximum Gasteiger partial charge on any atom is 0.319 e. The number of hydrogen-bond acceptors (Lipinski definition) is 4. The van der Waals surface area contributed by atoms with E-state index in [1.807, 2.05) is 13.8 Å². The lowest BCUT2D eigenvalue weighted by molar-refractivity contribution is 0.0944. The van der Waals surface area contributed by atoms with Gasteiger partial charge in [-0.15, -0.1) is 0 Å². The number of carbonyl (C=O) groups excluding carboxylic acids is 2. The van der Waals surface area contributed by atoms with Crippen LogP contribution >= 0.6 is 0 Å². The van der Waals surface area contributed by atoms with E-state index >= 15 is 0 Å². The molecule has 24 heavy (non-hydrogen) atoms. The second-order valence-electron chi connectivity index (χ2n) is 5.44. The lowest BCUT2D eigenvalue weighted by Gasteiger charge is -2.10. The summed E-state index contributed by atoms with van der Waals surface area (Å²) in [6.45, 7) is 4.06. The predicted molar refractivity (Wildman–Crippen MR) is 89.8 cm³/mol. The molecule has 0 fully saturated rings. The first kappa shape index (κ1) is 17.2. The van der Waals surface area contributed by atoms with Crippen molar-refractivity contribution in [1.29, 1.82) is 0 Å². The molecule has 1 aromatic heterocycles. The predicted octanol–water partition coefficient (Wildman–Crippen LogP) is 1.23. The van der Waals surface area contributed by atoms with E-state index in [0.717, 1.165) is 5.56 Å². The van der Waals surface area contributed by atoms with Gasteiger partial charge in [0.25, 0.3) is 11.5 Å². The summed E-state index contributed by atoms with van der Waals surface area (Å²) in [6, 6.07) is 9.48. The molecule has 0 atom stereocenters. The number of anilines is 1. The first-order valence-corrected chi connectivity index (χ1v) is 7.44. The summed E-state index contributed by atoms with van der Waals surface area (Å²) in [5.41, 5.74) is 1.29. The van der Waals surface area contributed by atoms with E-state index in [4.69, 9.17) is 0 Å². The van der Waals surface area contributed by atoms with Crippen molar-refractivity contribution in [3.63, 3.8) is 0 Å². The third-order valence-electron chi connectivity index (χ3n) is 3.00. The van der Waals surface area contributed by atoms with Crippen LogP contribution in [0.25, 0.3) is 0 Å². The van der Waals surface area contributed by atoms with Gasteiger partial charge in [0.2, 0.25) is 0 Å². The van der Waals surface area contributed by atoms with Crippen molar-refractivity contribution >= 4 is 17.6 Å². The summed E-state index contributed by atoms with van der Waals surface area (Å²) in [6.07, 6.45) is 0. The number of amides is 3. The summed E-state index contributed by atoms with van der Waals surface area (Å²) in [5, 5.41) is 14.0. The molecule has 8 nitrogen and oxygen atoms in total. The fourth-order valence-electron chi connectivity index (χ4n) is 1.88. The Kier molecular flexibility index (Phi) is 5.67. The third-order valence-corrected chi connectivity index (χ3v) is 3.00. The second-order valence-corrected chi connectivity index (χ2v) is 5.44. The molecule has 0 saturated carbocycles. The van der Waals surface area contributed by atoms with Gasteiger partial charge >= 0.3 is 6.03 Å². The summed E-state index contributed by atoms with van der Waals surface area (Å²) >= 11 is 0. The molecule has 2 rings (SSSR count). The van der Waals surface area contributed by atoms with Crippen LogP contribution in [0.1, 0.15) is 29.9 Å². The standard InChI is InChI=1S/C16H19N5O3/c1-10(2)18-16(24)19-12-5-3-11(4-6-12)9-17-15(23)13-7-8-14(22)21-20-13/h3-8,10H,9H2,1-2H3,(H,17,23)(H,21,22)(H2,18,19,24). The Labute approximate surface area is 138 Å². The number of aromatic amines is 1. The van der Waals surface area contributed by atoms with E-state index in [0.29, 0.717) is 12.2 Å². The average molecular weight is 329 g/mol. The second kappa shape index (κ2) is 7.91. The number of carbonyl (C=O) groups is 2. The summed E-state index contributed by atoms with van der Waals surface area (Å²) in [5.74, 6) is -0.384. The van der Waals surface area contributed by atoms with Crippen LogP contribution in [0.15, 0.2) is 41.2 Å². The average Bonchev–Trinajstić information content (AvgIpc) is 2.54. The Bertz CT molecular complexity index is 748. The highest BCUT2D eigenvalue weighted by Crippen LogP contribution is 2.09. The number of nitrogens with zero attached hydrogens (tertiary/aromatic N) is 1. The smallest absolute Gasteiger partial charge is 0.319 e. The van der Waals surface area contributed by atoms with Crippen LogP contribution < -0.4 is 21.5 Å². The third kappa shape index (κ3) is 5.24. The molecule has 2 aromatic rings. The fraction of sp³-hybridized carbons (Fsp3) is 0.250. The maximum absolute atomic E-state index is 11.9. The Balaban J connectivity index is 1.87. The molecule has 1 aromatic carbocycles. The zero-order valence-electron chi connectivity index (χ0n) is 13.4. The van der Waals surface area contributed by atoms with Gasteiger partial charge in [0, 0.05) is 24.3 Å². The lowest BCUT2D eigenvalue weighted by atomic mass is 10.2. The highest BCUT2D eigenvalue weighted by atomic mass is 16.2. The molecule has 0 aliphatic heterocycles. The van der Waals surface area contributed by atoms with Crippen molar-refractivity contribution in [2.24, 2.45) is 0 Å². The van der Waals surface area contributed by atoms with Crippen molar-refractivity contribution in [2.75, 3.05) is 5.32 Å². The molecule has 8 heteroatoms. The van der Waals surface area contributed by atoms with Crippen molar-refractivity contribution in [3.8, 4) is 0 Å². The number of aromatic nitrogens is 2. The lowest BCUT2D eigenvalue weighted by Crippen LogP contribution is -2.34. The fourth-order valence-corrected chi connectivity index (χ4v) is 1.88. The molecule has 1 heterocycles. The highest BCUT2D eigenvalue weighted by molar-refractivity contribution is 5.92. The van der Waals surface area contributed by atoms with Gasteiger partial charge in [0.05, 0.1) is 0 Å². The van der Waals surface area contributed by atoms with Gasteiger partial charge in [-0.25, -0.2) is 9.89 Å². The van der Waals surface area contributed by atoms with Gasteiger partial charge in [-0.2, -0.15) is 5.10 Å². The largest absolute Gasteiger partial charge is 0.347 e. The highest BCUT2D eigenvalue weighted by Gasteiger charge is 2.07. The molecule has 0 radical (unpaired) electrons. The van der Waals surface area contributed by atoms with Gasteiger partial charge in [0.15, 0.2) is 0 Å². The Morgan fingerprint density at radius 1 is 1.12 bits per heavy atom. The topological polar surface area (TPSA) is 116 Å². The van der Waals surface area contributed by atoms with E-state index in [9.17, 15) is 14.4 Å². The van der Waals surface area contributed by atoms with Crippen LogP contribution in [-0.2, 0) is 6.54 Å². The Morgan fingerprint density at radius 3 is 2.42 bits per heavy atom. The normalized spacial score (nSPS) is 10.3. The quantitative estimate of drug-likeness (QED) is 0.660. The van der Waals surface area contributed by atoms with E-state index in [1.54, 1.807) is 24.3 Å². The zero-order chi connectivity index (χ0) is 17.5. The molecule has 0 aliphatic carbocycles. The van der Waals surface area contributed by atoms with Crippen LogP contribution in [0.2, 0.25) is 0 Å². The minimum Gasteiger partial charge on any atom is -0.347 e. The SMILES string of the molecule is CC(C)NC(=O)Nc1ccc(CNC(=O)c2ccc(=O)[nH]n2)cc1. The summed E-state index contributed by atoms with van der Waals surface area (Å²) in [4.78, 5) is 34.4. The molecule has 3 amide bonds. The van der Waals surface area contributed by atoms with Gasteiger partial charge < -0.3 is 16.0 Å². The molecule has 0 spiro atoms. The van der Waals surface area contributed by atoms with Crippen LogP contribution in [0.5, 0.6) is 0 Å². The molecule has 0 unspecified atom stereocenters. The van der Waals surface area contributed by atoms with Crippen LogP contribution in [-0.4, -0.2) is 28.2 Å². The zero-order valence-corrected chi connectivity index (χ0v) is 13.4. The van der Waals surface area contributed by atoms with Crippen molar-refractivity contribution in [2.45, 2.75) is 26.4 Å². The Morgan fingerprint density at radius 2 is 1.83 bits per heavy atom. The van der Waals surface area contributed by atoms with Crippen molar-refractivity contribution in [1.82, 2.24) is 20.8 Å². The van der Waals surface area contributed by atoms with E-state index in [-0.39, 0.29) is 29.2 Å². The molecule has 0 aliphatic rings. The van der Waals surface area contributed by atoms with Gasteiger partial charge in [0.1, 0.15) is 5.69 Å². The van der Waals surface area contributed by atoms with E-state index in [1.165, 1.54) is 12.1 Å². The molecular formula is C16H19N5O3. The minimum absolute atomic E-state index is 0.0565. The number of urea groups is 1. The number of benzene rings is 1. The summed E-state index contributed by atoms with van der Waals surface area (Å²) < 4.78 is 0. The number of H-pyrrole nitrogens is 1. The van der Waals surface area contributed by atoms with Crippen LogP contribution in [0.4, 0.5) is 10.5 Å². The molecule has 0 saturated heterocycles. The van der Waals surface area contributed by atoms with Crippen LogP contribution in [0.3, 0.4) is 0 Å². The van der Waals surface area contributed by atoms with Gasteiger partial charge in [-0.05, 0) is 37.6 Å². The molecule has 0 bridgehead atoms. The monoisotopic (exact) mass is 329 g/mol. The van der Waals surface area contributed by atoms with Crippen molar-refractivity contribution in [3.05, 3.63) is 58.0 Å². The van der Waals surface area contributed by atoms with Gasteiger partial charge in [-0.1, -0.05) is 12.1 Å². The van der Waals surface area contributed by atoms with E-state index < -0.39 is 0 Å². The van der Waals surface area contributed by atoms with Crippen LogP contribution in [0, 0.1) is 0 Å². The maximum atomic E-state index is 11.9. The number of nitrogens with one attached hydrogen (secondary N) is 4. The number of hydrogen-bond donors (Lipinski definition) is 4. The minimum atomic E-state index is -0.384. The van der Waals surface area contributed by atoms with E-state index in [2.05, 4.69) is 26.1 Å². The van der Waals surface area contributed by atoms with Crippen molar-refractivity contribution < 1.29 is 9.59 Å². The number of rotatable bonds is 5. The summed E-state index contributed by atoms with van der Waals surface area (Å²) in [7, 11) is 0. The first-order chi connectivity index (χ1) is 11.4. The Hall–Kier alpha value is -3.16. The first-order valence-electron chi connectivity index (χ1n) is 7.44. The molecular weight excluding hydrogens is 310 g/mol. The van der Waals surface area contributed by atoms with Gasteiger partial charge in [-0.3, -0.25) is 9.59 Å². The molecule has 126 valence electrons.